The van der Waals surface area contributed by atoms with E-state index in [0.29, 0.717) is 5.02 Å². The van der Waals surface area contributed by atoms with Crippen molar-refractivity contribution in [2.75, 3.05) is 6.54 Å². The van der Waals surface area contributed by atoms with Crippen LogP contribution in [0.25, 0.3) is 0 Å². The van der Waals surface area contributed by atoms with Crippen molar-refractivity contribution in [2.45, 2.75) is 18.6 Å². The summed E-state index contributed by atoms with van der Waals surface area (Å²) in [6.07, 6.45) is -0.470. The Morgan fingerprint density at radius 2 is 2.07 bits per heavy atom. The van der Waals surface area contributed by atoms with Crippen molar-refractivity contribution < 1.29 is 10.2 Å². The first-order chi connectivity index (χ1) is 7.06. The van der Waals surface area contributed by atoms with Crippen LogP contribution in [-0.2, 0) is 0 Å². The molecule has 2 unspecified atom stereocenters. The van der Waals surface area contributed by atoms with Crippen LogP contribution in [0.15, 0.2) is 12.3 Å². The number of rotatable bonds is 4. The highest BCUT2D eigenvalue weighted by molar-refractivity contribution is 6.34. The molecule has 1 rings (SSSR count). The highest BCUT2D eigenvalue weighted by Crippen LogP contribution is 2.26. The number of aromatic nitrogens is 1. The molecular weight excluding hydrogens is 239 g/mol. The monoisotopic (exact) mass is 250 g/mol. The third-order valence-corrected chi connectivity index (χ3v) is 2.45. The molecule has 84 valence electrons. The van der Waals surface area contributed by atoms with Crippen molar-refractivity contribution in [1.29, 1.82) is 0 Å². The second-order valence-corrected chi connectivity index (χ2v) is 3.95. The highest BCUT2D eigenvalue weighted by Gasteiger charge is 2.21. The molecule has 4 N–H and O–H groups in total. The van der Waals surface area contributed by atoms with E-state index in [2.05, 4.69) is 4.98 Å². The van der Waals surface area contributed by atoms with Gasteiger partial charge in [-0.05, 0) is 19.0 Å². The summed E-state index contributed by atoms with van der Waals surface area (Å²) in [5, 5.41) is 19.8. The van der Waals surface area contributed by atoms with E-state index in [9.17, 15) is 10.2 Å². The van der Waals surface area contributed by atoms with Crippen molar-refractivity contribution in [3.8, 4) is 0 Å². The van der Waals surface area contributed by atoms with Gasteiger partial charge in [-0.3, -0.25) is 4.98 Å². The molecule has 0 saturated carbocycles. The summed E-state index contributed by atoms with van der Waals surface area (Å²) in [6, 6.07) is 1.46. The lowest BCUT2D eigenvalue weighted by Crippen LogP contribution is -2.22. The Balaban J connectivity index is 2.86. The number of nitrogens with two attached hydrogens (primary N) is 1. The Morgan fingerprint density at radius 1 is 1.40 bits per heavy atom. The van der Waals surface area contributed by atoms with Crippen LogP contribution in [0, 0.1) is 0 Å². The van der Waals surface area contributed by atoms with E-state index in [1.165, 1.54) is 12.3 Å². The summed E-state index contributed by atoms with van der Waals surface area (Å²) in [4.78, 5) is 3.87. The number of aliphatic hydroxyl groups excluding tert-OH is 2. The zero-order valence-electron chi connectivity index (χ0n) is 7.90. The molecule has 4 nitrogen and oxygen atoms in total. The molecule has 0 aliphatic rings. The minimum Gasteiger partial charge on any atom is -0.390 e. The third kappa shape index (κ3) is 3.29. The molecule has 1 heterocycles. The lowest BCUT2D eigenvalue weighted by Gasteiger charge is -2.17. The largest absolute Gasteiger partial charge is 0.390 e. The lowest BCUT2D eigenvalue weighted by molar-refractivity contribution is 0.0126. The Hall–Kier alpha value is -0.390. The molecule has 0 saturated heterocycles. The normalized spacial score (nSPS) is 15.0. The molecule has 15 heavy (non-hydrogen) atoms. The van der Waals surface area contributed by atoms with Crippen molar-refractivity contribution in [3.05, 3.63) is 28.0 Å². The second-order valence-electron chi connectivity index (χ2n) is 3.11. The number of nitrogens with zero attached hydrogens (tertiary/aromatic N) is 1. The van der Waals surface area contributed by atoms with Gasteiger partial charge in [0.05, 0.1) is 21.8 Å². The first-order valence-electron chi connectivity index (χ1n) is 4.43. The van der Waals surface area contributed by atoms with Gasteiger partial charge in [-0.15, -0.1) is 0 Å². The van der Waals surface area contributed by atoms with Gasteiger partial charge >= 0.3 is 0 Å². The maximum Gasteiger partial charge on any atom is 0.123 e. The smallest absolute Gasteiger partial charge is 0.123 e. The third-order valence-electron chi connectivity index (χ3n) is 1.94. The van der Waals surface area contributed by atoms with Crippen LogP contribution in [0.5, 0.6) is 0 Å². The summed E-state index contributed by atoms with van der Waals surface area (Å²) >= 11 is 11.5. The highest BCUT2D eigenvalue weighted by atomic mass is 35.5. The standard InChI is InChI=1S/C9H12Cl2N2O2/c10-5-3-6(11)8(13-4-5)9(15)7(14)1-2-12/h3-4,7,9,14-15H,1-2,12H2. The number of hydrogen-bond donors (Lipinski definition) is 3. The summed E-state index contributed by atoms with van der Waals surface area (Å²) in [6.45, 7) is 0.281. The van der Waals surface area contributed by atoms with Crippen LogP contribution < -0.4 is 5.73 Å². The van der Waals surface area contributed by atoms with Crippen LogP contribution in [0.3, 0.4) is 0 Å². The van der Waals surface area contributed by atoms with Gasteiger partial charge in [0.15, 0.2) is 0 Å². The first kappa shape index (κ1) is 12.7. The molecule has 0 fully saturated rings. The second kappa shape index (κ2) is 5.63. The van der Waals surface area contributed by atoms with Crippen molar-refractivity contribution in [1.82, 2.24) is 4.98 Å². The van der Waals surface area contributed by atoms with Gasteiger partial charge in [-0.2, -0.15) is 0 Å². The Morgan fingerprint density at radius 3 is 2.60 bits per heavy atom. The molecule has 0 aliphatic carbocycles. The van der Waals surface area contributed by atoms with Crippen molar-refractivity contribution in [2.24, 2.45) is 5.73 Å². The average Bonchev–Trinajstić information content (AvgIpc) is 2.17. The molecule has 0 bridgehead atoms. The van der Waals surface area contributed by atoms with Gasteiger partial charge in [0, 0.05) is 6.20 Å². The molecule has 0 radical (unpaired) electrons. The van der Waals surface area contributed by atoms with Crippen LogP contribution in [-0.4, -0.2) is 27.8 Å². The minimum atomic E-state index is -1.14. The van der Waals surface area contributed by atoms with Gasteiger partial charge < -0.3 is 15.9 Å². The van der Waals surface area contributed by atoms with Crippen LogP contribution >= 0.6 is 23.2 Å². The van der Waals surface area contributed by atoms with Crippen LogP contribution in [0.2, 0.25) is 10.0 Å². The average molecular weight is 251 g/mol. The quantitative estimate of drug-likeness (QED) is 0.749. The predicted molar refractivity (Wildman–Crippen MR) is 58.9 cm³/mol. The number of aliphatic hydroxyl groups is 2. The van der Waals surface area contributed by atoms with E-state index in [4.69, 9.17) is 28.9 Å². The number of hydrogen-bond acceptors (Lipinski definition) is 4. The fourth-order valence-corrected chi connectivity index (χ4v) is 1.65. The lowest BCUT2D eigenvalue weighted by atomic mass is 10.1. The fourth-order valence-electron chi connectivity index (χ4n) is 1.15. The van der Waals surface area contributed by atoms with Crippen molar-refractivity contribution in [3.63, 3.8) is 0 Å². The molecule has 2 atom stereocenters. The maximum atomic E-state index is 9.70. The summed E-state index contributed by atoms with van der Waals surface area (Å²) < 4.78 is 0. The molecule has 0 aromatic carbocycles. The SMILES string of the molecule is NCCC(O)C(O)c1ncc(Cl)cc1Cl. The first-order valence-corrected chi connectivity index (χ1v) is 5.19. The molecule has 6 heteroatoms. The topological polar surface area (TPSA) is 79.4 Å². The van der Waals surface area contributed by atoms with E-state index in [0.717, 1.165) is 0 Å². The predicted octanol–water partition coefficient (Wildman–Crippen LogP) is 1.13. The Bertz CT molecular complexity index is 336. The Labute approximate surface area is 97.6 Å². The van der Waals surface area contributed by atoms with Gasteiger partial charge in [0.1, 0.15) is 6.10 Å². The number of pyridine rings is 1. The van der Waals surface area contributed by atoms with E-state index < -0.39 is 12.2 Å². The molecule has 1 aromatic heterocycles. The van der Waals surface area contributed by atoms with Crippen LogP contribution in [0.4, 0.5) is 0 Å². The van der Waals surface area contributed by atoms with Gasteiger partial charge in [0.25, 0.3) is 0 Å². The fraction of sp³-hybridized carbons (Fsp3) is 0.444. The molecule has 0 aliphatic heterocycles. The minimum absolute atomic E-state index is 0.210. The van der Waals surface area contributed by atoms with E-state index in [1.54, 1.807) is 0 Å². The van der Waals surface area contributed by atoms with Gasteiger partial charge in [-0.1, -0.05) is 23.2 Å². The zero-order valence-corrected chi connectivity index (χ0v) is 9.41. The summed E-state index contributed by atoms with van der Waals surface area (Å²) in [5.41, 5.74) is 5.47. The van der Waals surface area contributed by atoms with E-state index in [-0.39, 0.29) is 23.7 Å². The maximum absolute atomic E-state index is 9.70. The van der Waals surface area contributed by atoms with E-state index >= 15 is 0 Å². The number of halogens is 2. The summed E-state index contributed by atoms with van der Waals surface area (Å²) in [7, 11) is 0. The zero-order chi connectivity index (χ0) is 11.4. The van der Waals surface area contributed by atoms with Crippen molar-refractivity contribution >= 4 is 23.2 Å². The Kier molecular flexibility index (Phi) is 4.76. The van der Waals surface area contributed by atoms with Crippen LogP contribution in [0.1, 0.15) is 18.2 Å². The van der Waals surface area contributed by atoms with Gasteiger partial charge in [0.2, 0.25) is 0 Å². The van der Waals surface area contributed by atoms with E-state index in [1.807, 2.05) is 0 Å². The van der Waals surface area contributed by atoms with Gasteiger partial charge in [-0.25, -0.2) is 0 Å². The molecule has 0 spiro atoms. The molecule has 1 aromatic rings. The molecular formula is C9H12Cl2N2O2. The summed E-state index contributed by atoms with van der Waals surface area (Å²) in [5.74, 6) is 0. The molecule has 0 amide bonds.